The Bertz CT molecular complexity index is 727. The Morgan fingerprint density at radius 1 is 1.35 bits per heavy atom. The maximum absolute atomic E-state index is 12.3. The van der Waals surface area contributed by atoms with E-state index in [9.17, 15) is 9.59 Å². The molecule has 1 aliphatic carbocycles. The number of thiazole rings is 1. The number of carbonyl (C=O) groups excluding carboxylic acids is 2. The van der Waals surface area contributed by atoms with Gasteiger partial charge in [-0.2, -0.15) is 0 Å². The van der Waals surface area contributed by atoms with Crippen LogP contribution in [0.25, 0.3) is 0 Å². The van der Waals surface area contributed by atoms with E-state index in [1.807, 2.05) is 30.3 Å². The number of benzene rings is 1. The van der Waals surface area contributed by atoms with Crippen LogP contribution >= 0.6 is 11.3 Å². The normalized spacial score (nSPS) is 19.2. The van der Waals surface area contributed by atoms with Crippen molar-refractivity contribution in [2.45, 2.75) is 26.2 Å². The first kappa shape index (κ1) is 15.7. The zero-order valence-corrected chi connectivity index (χ0v) is 13.9. The summed E-state index contributed by atoms with van der Waals surface area (Å²) >= 11 is 1.16. The summed E-state index contributed by atoms with van der Waals surface area (Å²) < 4.78 is 4.98. The third-order valence-corrected chi connectivity index (χ3v) is 4.90. The minimum Gasteiger partial charge on any atom is -0.462 e. The van der Waals surface area contributed by atoms with Crippen molar-refractivity contribution in [1.82, 2.24) is 4.98 Å². The molecule has 1 aliphatic rings. The molecule has 1 aromatic carbocycles. The van der Waals surface area contributed by atoms with Crippen molar-refractivity contribution in [2.24, 2.45) is 5.92 Å². The third kappa shape index (κ3) is 3.42. The van der Waals surface area contributed by atoms with E-state index in [0.717, 1.165) is 17.8 Å². The second-order valence-corrected chi connectivity index (χ2v) is 6.50. The lowest BCUT2D eigenvalue weighted by Gasteiger charge is -2.01. The molecule has 0 radical (unpaired) electrons. The van der Waals surface area contributed by atoms with Gasteiger partial charge in [-0.3, -0.25) is 4.79 Å². The van der Waals surface area contributed by atoms with Crippen LogP contribution in [-0.2, 0) is 9.53 Å². The molecule has 2 aromatic rings. The van der Waals surface area contributed by atoms with Gasteiger partial charge in [0.05, 0.1) is 12.3 Å². The highest BCUT2D eigenvalue weighted by molar-refractivity contribution is 7.17. The van der Waals surface area contributed by atoms with Crippen molar-refractivity contribution in [3.8, 4) is 0 Å². The number of anilines is 1. The minimum atomic E-state index is -0.392. The molecule has 23 heavy (non-hydrogen) atoms. The molecule has 1 amide bonds. The predicted molar refractivity (Wildman–Crippen MR) is 88.7 cm³/mol. The lowest BCUT2D eigenvalue weighted by Crippen LogP contribution is -2.14. The summed E-state index contributed by atoms with van der Waals surface area (Å²) in [7, 11) is 0. The molecule has 0 aliphatic heterocycles. The number of esters is 1. The molecule has 120 valence electrons. The largest absolute Gasteiger partial charge is 0.462 e. The van der Waals surface area contributed by atoms with E-state index in [1.165, 1.54) is 5.56 Å². The SMILES string of the molecule is CCOC(=O)c1sc(NC(=O)[C@H]2C[C@@H]2c2ccccc2)nc1C. The molecule has 2 atom stereocenters. The average Bonchev–Trinajstić information content (AvgIpc) is 3.26. The van der Waals surface area contributed by atoms with Crippen LogP contribution in [0.15, 0.2) is 30.3 Å². The van der Waals surface area contributed by atoms with Crippen molar-refractivity contribution >= 4 is 28.3 Å². The lowest BCUT2D eigenvalue weighted by molar-refractivity contribution is -0.117. The van der Waals surface area contributed by atoms with Crippen molar-refractivity contribution in [1.29, 1.82) is 0 Å². The second kappa shape index (κ2) is 6.50. The van der Waals surface area contributed by atoms with E-state index in [4.69, 9.17) is 4.74 Å². The van der Waals surface area contributed by atoms with Crippen LogP contribution in [0.2, 0.25) is 0 Å². The Balaban J connectivity index is 1.63. The Hall–Kier alpha value is -2.21. The molecule has 0 saturated heterocycles. The first-order valence-electron chi connectivity index (χ1n) is 7.60. The molecule has 1 saturated carbocycles. The number of hydrogen-bond donors (Lipinski definition) is 1. The Morgan fingerprint density at radius 2 is 2.09 bits per heavy atom. The van der Waals surface area contributed by atoms with Gasteiger partial charge < -0.3 is 10.1 Å². The van der Waals surface area contributed by atoms with Gasteiger partial charge in [-0.1, -0.05) is 41.7 Å². The van der Waals surface area contributed by atoms with E-state index < -0.39 is 5.97 Å². The van der Waals surface area contributed by atoms with Crippen LogP contribution < -0.4 is 5.32 Å². The number of aromatic nitrogens is 1. The number of nitrogens with one attached hydrogen (secondary N) is 1. The molecule has 0 unspecified atom stereocenters. The van der Waals surface area contributed by atoms with Gasteiger partial charge in [0.1, 0.15) is 4.88 Å². The predicted octanol–water partition coefficient (Wildman–Crippen LogP) is 3.37. The molecule has 0 bridgehead atoms. The maximum Gasteiger partial charge on any atom is 0.350 e. The van der Waals surface area contributed by atoms with Crippen LogP contribution in [0.1, 0.15) is 40.2 Å². The lowest BCUT2D eigenvalue weighted by atomic mass is 10.1. The van der Waals surface area contributed by atoms with Gasteiger partial charge in [-0.05, 0) is 31.7 Å². The number of ether oxygens (including phenoxy) is 1. The summed E-state index contributed by atoms with van der Waals surface area (Å²) in [5.41, 5.74) is 1.77. The summed E-state index contributed by atoms with van der Waals surface area (Å²) in [6.07, 6.45) is 0.852. The number of rotatable bonds is 5. The highest BCUT2D eigenvalue weighted by Crippen LogP contribution is 2.48. The standard InChI is InChI=1S/C17H18N2O3S/c1-3-22-16(21)14-10(2)18-17(23-14)19-15(20)13-9-12(13)11-7-5-4-6-8-11/h4-8,12-13H,3,9H2,1-2H3,(H,18,19,20)/t12-,13+/m1/s1. The minimum absolute atomic E-state index is 0.0207. The van der Waals surface area contributed by atoms with Gasteiger partial charge in [0, 0.05) is 5.92 Å². The Labute approximate surface area is 138 Å². The fourth-order valence-corrected chi connectivity index (χ4v) is 3.45. The molecule has 1 heterocycles. The quantitative estimate of drug-likeness (QED) is 0.854. The number of carbonyl (C=O) groups is 2. The van der Waals surface area contributed by atoms with Crippen LogP contribution in [0, 0.1) is 12.8 Å². The fraction of sp³-hybridized carbons (Fsp3) is 0.353. The molecule has 1 N–H and O–H groups in total. The van der Waals surface area contributed by atoms with Crippen molar-refractivity contribution in [2.75, 3.05) is 11.9 Å². The van der Waals surface area contributed by atoms with Gasteiger partial charge in [-0.25, -0.2) is 9.78 Å². The van der Waals surface area contributed by atoms with Gasteiger partial charge >= 0.3 is 5.97 Å². The third-order valence-electron chi connectivity index (χ3n) is 3.84. The van der Waals surface area contributed by atoms with E-state index in [2.05, 4.69) is 10.3 Å². The summed E-state index contributed by atoms with van der Waals surface area (Å²) in [5, 5.41) is 3.28. The molecule has 1 fully saturated rings. The van der Waals surface area contributed by atoms with Crippen molar-refractivity contribution in [3.05, 3.63) is 46.5 Å². The number of aryl methyl sites for hydroxylation is 1. The van der Waals surface area contributed by atoms with E-state index in [-0.39, 0.29) is 17.7 Å². The summed E-state index contributed by atoms with van der Waals surface area (Å²) in [6, 6.07) is 10.0. The van der Waals surface area contributed by atoms with E-state index in [1.54, 1.807) is 13.8 Å². The topological polar surface area (TPSA) is 68.3 Å². The average molecular weight is 330 g/mol. The van der Waals surface area contributed by atoms with Crippen LogP contribution in [-0.4, -0.2) is 23.5 Å². The van der Waals surface area contributed by atoms with Crippen molar-refractivity contribution < 1.29 is 14.3 Å². The van der Waals surface area contributed by atoms with Gasteiger partial charge in [0.2, 0.25) is 5.91 Å². The first-order chi connectivity index (χ1) is 11.1. The number of hydrogen-bond acceptors (Lipinski definition) is 5. The number of nitrogens with zero attached hydrogens (tertiary/aromatic N) is 1. The molecule has 0 spiro atoms. The first-order valence-corrected chi connectivity index (χ1v) is 8.42. The molecule has 6 heteroatoms. The monoisotopic (exact) mass is 330 g/mol. The molecule has 3 rings (SSSR count). The molecular formula is C17H18N2O3S. The van der Waals surface area contributed by atoms with Gasteiger partial charge in [0.15, 0.2) is 5.13 Å². The maximum atomic E-state index is 12.3. The van der Waals surface area contributed by atoms with Gasteiger partial charge in [-0.15, -0.1) is 0 Å². The second-order valence-electron chi connectivity index (χ2n) is 5.50. The molecule has 1 aromatic heterocycles. The zero-order valence-electron chi connectivity index (χ0n) is 13.0. The summed E-state index contributed by atoms with van der Waals surface area (Å²) in [6.45, 7) is 3.81. The Kier molecular flexibility index (Phi) is 4.43. The van der Waals surface area contributed by atoms with Crippen molar-refractivity contribution in [3.63, 3.8) is 0 Å². The van der Waals surface area contributed by atoms with Crippen LogP contribution in [0.3, 0.4) is 0 Å². The van der Waals surface area contributed by atoms with Crippen LogP contribution in [0.4, 0.5) is 5.13 Å². The van der Waals surface area contributed by atoms with Gasteiger partial charge in [0.25, 0.3) is 0 Å². The molecule has 5 nitrogen and oxygen atoms in total. The Morgan fingerprint density at radius 3 is 2.78 bits per heavy atom. The number of amides is 1. The molecular weight excluding hydrogens is 312 g/mol. The fourth-order valence-electron chi connectivity index (χ4n) is 2.59. The zero-order chi connectivity index (χ0) is 16.4. The summed E-state index contributed by atoms with van der Waals surface area (Å²) in [5.74, 6) is -0.172. The van der Waals surface area contributed by atoms with Crippen LogP contribution in [0.5, 0.6) is 0 Å². The smallest absolute Gasteiger partial charge is 0.350 e. The van der Waals surface area contributed by atoms with E-state index in [0.29, 0.717) is 22.3 Å². The van der Waals surface area contributed by atoms with E-state index >= 15 is 0 Å². The highest BCUT2D eigenvalue weighted by atomic mass is 32.1. The summed E-state index contributed by atoms with van der Waals surface area (Å²) in [4.78, 5) is 28.8. The highest BCUT2D eigenvalue weighted by Gasteiger charge is 2.44.